The predicted molar refractivity (Wildman–Crippen MR) is 80.9 cm³/mol. The van der Waals surface area contributed by atoms with Crippen molar-refractivity contribution < 1.29 is 9.59 Å². The Kier molecular flexibility index (Phi) is 3.89. The minimum absolute atomic E-state index is 0.132. The second-order valence-corrected chi connectivity index (χ2v) is 6.38. The van der Waals surface area contributed by atoms with E-state index < -0.39 is 6.04 Å². The largest absolute Gasteiger partial charge is 0.384 e. The number of carbonyl (C=O) groups is 2. The number of nitrogens with one attached hydrogen (secondary N) is 1. The summed E-state index contributed by atoms with van der Waals surface area (Å²) in [4.78, 5) is 30.2. The lowest BCUT2D eigenvalue weighted by Crippen LogP contribution is -2.55. The average molecular weight is 290 g/mol. The van der Waals surface area contributed by atoms with Crippen LogP contribution < -0.4 is 11.1 Å². The van der Waals surface area contributed by atoms with Crippen LogP contribution in [0.25, 0.3) is 0 Å². The van der Waals surface area contributed by atoms with Crippen LogP contribution in [0.4, 0.5) is 5.82 Å². The molecule has 1 aromatic heterocycles. The van der Waals surface area contributed by atoms with Gasteiger partial charge in [-0.05, 0) is 19.1 Å². The molecule has 1 aromatic rings. The van der Waals surface area contributed by atoms with E-state index in [0.29, 0.717) is 24.5 Å². The van der Waals surface area contributed by atoms with Gasteiger partial charge in [0.25, 0.3) is 5.91 Å². The summed E-state index contributed by atoms with van der Waals surface area (Å²) < 4.78 is 0. The van der Waals surface area contributed by atoms with Crippen LogP contribution in [0.3, 0.4) is 0 Å². The molecule has 2 heterocycles. The van der Waals surface area contributed by atoms with Crippen LogP contribution in [0, 0.1) is 0 Å². The highest BCUT2D eigenvalue weighted by Gasteiger charge is 2.30. The van der Waals surface area contributed by atoms with Gasteiger partial charge in [-0.15, -0.1) is 0 Å². The smallest absolute Gasteiger partial charge is 0.254 e. The van der Waals surface area contributed by atoms with Gasteiger partial charge in [-0.3, -0.25) is 9.59 Å². The third-order valence-corrected chi connectivity index (χ3v) is 3.62. The highest BCUT2D eigenvalue weighted by molar-refractivity contribution is 5.98. The summed E-state index contributed by atoms with van der Waals surface area (Å²) in [7, 11) is 0. The molecule has 1 atom stereocenters. The number of carbonyl (C=O) groups excluding carboxylic acids is 2. The molecule has 114 valence electrons. The Balaban J connectivity index is 2.35. The highest BCUT2D eigenvalue weighted by Crippen LogP contribution is 2.23. The monoisotopic (exact) mass is 290 g/mol. The van der Waals surface area contributed by atoms with Gasteiger partial charge in [0.1, 0.15) is 11.9 Å². The Morgan fingerprint density at radius 3 is 2.71 bits per heavy atom. The van der Waals surface area contributed by atoms with E-state index in [9.17, 15) is 9.59 Å². The van der Waals surface area contributed by atoms with Gasteiger partial charge < -0.3 is 16.0 Å². The third kappa shape index (κ3) is 3.15. The van der Waals surface area contributed by atoms with Crippen LogP contribution in [0.5, 0.6) is 0 Å². The van der Waals surface area contributed by atoms with Gasteiger partial charge in [0.05, 0.1) is 0 Å². The van der Waals surface area contributed by atoms with Crippen molar-refractivity contribution >= 4 is 17.6 Å². The van der Waals surface area contributed by atoms with E-state index in [1.165, 1.54) is 0 Å². The van der Waals surface area contributed by atoms with E-state index in [1.54, 1.807) is 24.0 Å². The lowest BCUT2D eigenvalue weighted by Gasteiger charge is -2.33. The zero-order chi connectivity index (χ0) is 15.8. The van der Waals surface area contributed by atoms with Gasteiger partial charge in [0.15, 0.2) is 0 Å². The standard InChI is InChI=1S/C15H22N4O2/c1-9-13(20)17-5-6-19(9)14(21)10-7-11(15(2,3)4)18-12(16)8-10/h7-9H,5-6H2,1-4H3,(H2,16,18)(H,17,20). The van der Waals surface area contributed by atoms with E-state index in [-0.39, 0.29) is 17.2 Å². The van der Waals surface area contributed by atoms with E-state index in [0.717, 1.165) is 5.69 Å². The topological polar surface area (TPSA) is 88.3 Å². The number of piperazine rings is 1. The van der Waals surface area contributed by atoms with Crippen LogP contribution in [0.1, 0.15) is 43.7 Å². The summed E-state index contributed by atoms with van der Waals surface area (Å²) >= 11 is 0. The maximum absolute atomic E-state index is 12.6. The quantitative estimate of drug-likeness (QED) is 0.805. The van der Waals surface area contributed by atoms with Crippen molar-refractivity contribution in [3.8, 4) is 0 Å². The number of nitrogens with zero attached hydrogens (tertiary/aromatic N) is 2. The predicted octanol–water partition coefficient (Wildman–Crippen LogP) is 0.922. The zero-order valence-electron chi connectivity index (χ0n) is 12.9. The summed E-state index contributed by atoms with van der Waals surface area (Å²) in [6, 6.07) is 2.85. The fourth-order valence-electron chi connectivity index (χ4n) is 2.29. The zero-order valence-corrected chi connectivity index (χ0v) is 12.9. The summed E-state index contributed by atoms with van der Waals surface area (Å²) in [5.41, 5.74) is 6.87. The number of rotatable bonds is 1. The minimum Gasteiger partial charge on any atom is -0.384 e. The average Bonchev–Trinajstić information content (AvgIpc) is 2.39. The van der Waals surface area contributed by atoms with Crippen LogP contribution in [0.15, 0.2) is 12.1 Å². The van der Waals surface area contributed by atoms with E-state index in [4.69, 9.17) is 5.73 Å². The van der Waals surface area contributed by atoms with Crippen molar-refractivity contribution in [1.29, 1.82) is 0 Å². The number of pyridine rings is 1. The lowest BCUT2D eigenvalue weighted by atomic mass is 9.90. The summed E-state index contributed by atoms with van der Waals surface area (Å²) in [6.07, 6.45) is 0. The van der Waals surface area contributed by atoms with Gasteiger partial charge in [-0.25, -0.2) is 4.98 Å². The maximum atomic E-state index is 12.6. The SMILES string of the molecule is CC1C(=O)NCCN1C(=O)c1cc(N)nc(C(C)(C)C)c1. The van der Waals surface area contributed by atoms with Crippen molar-refractivity contribution in [1.82, 2.24) is 15.2 Å². The van der Waals surface area contributed by atoms with Crippen molar-refractivity contribution in [2.75, 3.05) is 18.8 Å². The molecule has 0 bridgehead atoms. The van der Waals surface area contributed by atoms with Gasteiger partial charge >= 0.3 is 0 Å². The molecule has 0 spiro atoms. The number of nitrogens with two attached hydrogens (primary N) is 1. The number of hydrogen-bond acceptors (Lipinski definition) is 4. The number of aromatic nitrogens is 1. The van der Waals surface area contributed by atoms with E-state index >= 15 is 0 Å². The Hall–Kier alpha value is -2.11. The van der Waals surface area contributed by atoms with Gasteiger partial charge in [-0.1, -0.05) is 20.8 Å². The molecule has 21 heavy (non-hydrogen) atoms. The highest BCUT2D eigenvalue weighted by atomic mass is 16.2. The van der Waals surface area contributed by atoms with Crippen LogP contribution >= 0.6 is 0 Å². The summed E-state index contributed by atoms with van der Waals surface area (Å²) in [6.45, 7) is 8.74. The Morgan fingerprint density at radius 1 is 1.43 bits per heavy atom. The maximum Gasteiger partial charge on any atom is 0.254 e. The summed E-state index contributed by atoms with van der Waals surface area (Å²) in [5, 5.41) is 2.75. The second kappa shape index (κ2) is 5.35. The molecule has 0 aromatic carbocycles. The van der Waals surface area contributed by atoms with Crippen LogP contribution in [-0.2, 0) is 10.2 Å². The molecule has 1 aliphatic rings. The third-order valence-electron chi connectivity index (χ3n) is 3.62. The van der Waals surface area contributed by atoms with Crippen molar-refractivity contribution in [2.45, 2.75) is 39.2 Å². The molecule has 1 aliphatic heterocycles. The first kappa shape index (κ1) is 15.3. The van der Waals surface area contributed by atoms with E-state index in [1.807, 2.05) is 20.8 Å². The molecule has 3 N–H and O–H groups in total. The number of anilines is 1. The molecule has 2 rings (SSSR count). The minimum atomic E-state index is -0.473. The van der Waals surface area contributed by atoms with Gasteiger partial charge in [-0.2, -0.15) is 0 Å². The number of hydrogen-bond donors (Lipinski definition) is 2. The first-order chi connectivity index (χ1) is 9.70. The van der Waals surface area contributed by atoms with Gasteiger partial charge in [0.2, 0.25) is 5.91 Å². The van der Waals surface area contributed by atoms with Gasteiger partial charge in [0, 0.05) is 29.8 Å². The molecule has 6 heteroatoms. The van der Waals surface area contributed by atoms with Crippen LogP contribution in [0.2, 0.25) is 0 Å². The Labute approximate surface area is 124 Å². The summed E-state index contributed by atoms with van der Waals surface area (Å²) in [5.74, 6) is 0.00418. The molecule has 1 fully saturated rings. The molecule has 0 radical (unpaired) electrons. The fourth-order valence-corrected chi connectivity index (χ4v) is 2.29. The molecular formula is C15H22N4O2. The second-order valence-electron chi connectivity index (χ2n) is 6.38. The molecule has 0 aliphatic carbocycles. The molecule has 1 saturated heterocycles. The first-order valence-electron chi connectivity index (χ1n) is 7.07. The normalized spacial score (nSPS) is 19.3. The molecular weight excluding hydrogens is 268 g/mol. The Bertz CT molecular complexity index is 578. The molecule has 0 saturated carbocycles. The number of nitrogen functional groups attached to an aromatic ring is 1. The fraction of sp³-hybridized carbons (Fsp3) is 0.533. The Morgan fingerprint density at radius 2 is 2.10 bits per heavy atom. The molecule has 1 unspecified atom stereocenters. The molecule has 2 amide bonds. The molecule has 6 nitrogen and oxygen atoms in total. The first-order valence-corrected chi connectivity index (χ1v) is 7.07. The lowest BCUT2D eigenvalue weighted by molar-refractivity contribution is -0.127. The van der Waals surface area contributed by atoms with Crippen molar-refractivity contribution in [2.24, 2.45) is 0 Å². The van der Waals surface area contributed by atoms with E-state index in [2.05, 4.69) is 10.3 Å². The number of amides is 2. The van der Waals surface area contributed by atoms with Crippen molar-refractivity contribution in [3.05, 3.63) is 23.4 Å². The van der Waals surface area contributed by atoms with Crippen LogP contribution in [-0.4, -0.2) is 40.8 Å². The van der Waals surface area contributed by atoms with Crippen molar-refractivity contribution in [3.63, 3.8) is 0 Å².